The van der Waals surface area contributed by atoms with E-state index < -0.39 is 17.5 Å². The summed E-state index contributed by atoms with van der Waals surface area (Å²) in [6.07, 6.45) is 2.49. The molecule has 0 radical (unpaired) electrons. The highest BCUT2D eigenvalue weighted by Gasteiger charge is 2.21. The quantitative estimate of drug-likeness (QED) is 0.340. The molecule has 2 N–H and O–H groups in total. The molecule has 2 heterocycles. The predicted molar refractivity (Wildman–Crippen MR) is 92.8 cm³/mol. The third-order valence-electron chi connectivity index (χ3n) is 3.37. The third kappa shape index (κ3) is 3.82. The molecular formula is C17H19N3O6. The Morgan fingerprint density at radius 2 is 1.88 bits per heavy atom. The van der Waals surface area contributed by atoms with Gasteiger partial charge in [-0.05, 0) is 32.9 Å². The summed E-state index contributed by atoms with van der Waals surface area (Å²) < 4.78 is 10.8. The Kier molecular flexibility index (Phi) is 5.94. The van der Waals surface area contributed by atoms with Crippen molar-refractivity contribution in [3.63, 3.8) is 0 Å². The second kappa shape index (κ2) is 8.15. The summed E-state index contributed by atoms with van der Waals surface area (Å²) in [5.41, 5.74) is -0.472. The predicted octanol–water partition coefficient (Wildman–Crippen LogP) is 1.13. The molecule has 26 heavy (non-hydrogen) atoms. The highest BCUT2D eigenvalue weighted by atomic mass is 16.6. The molecule has 0 atom stereocenters. The molecule has 2 aromatic rings. The number of fused-ring (bicyclic) bond motifs is 1. The van der Waals surface area contributed by atoms with Crippen molar-refractivity contribution < 1.29 is 24.2 Å². The van der Waals surface area contributed by atoms with Crippen LogP contribution in [0.3, 0.4) is 0 Å². The maximum Gasteiger partial charge on any atom is 0.347 e. The molecule has 0 fully saturated rings. The number of esters is 2. The van der Waals surface area contributed by atoms with Crippen molar-refractivity contribution in [2.75, 3.05) is 18.5 Å². The smallest absolute Gasteiger partial charge is 0.347 e. The van der Waals surface area contributed by atoms with E-state index in [0.717, 1.165) is 10.6 Å². The van der Waals surface area contributed by atoms with Gasteiger partial charge < -0.3 is 19.9 Å². The minimum atomic E-state index is -0.873. The number of aromatic nitrogens is 2. The lowest BCUT2D eigenvalue weighted by atomic mass is 10.2. The van der Waals surface area contributed by atoms with E-state index in [0.29, 0.717) is 0 Å². The van der Waals surface area contributed by atoms with Crippen LogP contribution in [0.5, 0.6) is 5.75 Å². The van der Waals surface area contributed by atoms with Crippen LogP contribution in [0.1, 0.15) is 19.5 Å². The number of carbonyl (C=O) groups excluding carboxylic acids is 2. The molecule has 0 aliphatic carbocycles. The first-order chi connectivity index (χ1) is 12.4. The summed E-state index contributed by atoms with van der Waals surface area (Å²) in [5.74, 6) is -1.89. The lowest BCUT2D eigenvalue weighted by molar-refractivity contribution is -0.146. The zero-order valence-electron chi connectivity index (χ0n) is 14.6. The Hall–Kier alpha value is -3.36. The van der Waals surface area contributed by atoms with Crippen molar-refractivity contribution in [1.29, 1.82) is 0 Å². The Balaban J connectivity index is 2.47. The summed E-state index contributed by atoms with van der Waals surface area (Å²) in [5, 5.41) is 12.4. The maximum absolute atomic E-state index is 12.6. The summed E-state index contributed by atoms with van der Waals surface area (Å²) in [6, 6.07) is 2.90. The topological polar surface area (TPSA) is 119 Å². The average molecular weight is 361 g/mol. The van der Waals surface area contributed by atoms with E-state index in [9.17, 15) is 19.5 Å². The second-order valence-electron chi connectivity index (χ2n) is 5.11. The summed E-state index contributed by atoms with van der Waals surface area (Å²) in [6.45, 7) is 4.91. The van der Waals surface area contributed by atoms with E-state index >= 15 is 0 Å². The normalized spacial score (nSPS) is 10.3. The van der Waals surface area contributed by atoms with Gasteiger partial charge in [0.05, 0.1) is 18.9 Å². The molecule has 138 valence electrons. The van der Waals surface area contributed by atoms with Gasteiger partial charge in [0.1, 0.15) is 5.69 Å². The molecule has 9 heteroatoms. The highest BCUT2D eigenvalue weighted by molar-refractivity contribution is 6.14. The molecular weight excluding hydrogens is 342 g/mol. The van der Waals surface area contributed by atoms with Crippen LogP contribution in [0, 0.1) is 6.92 Å². The van der Waals surface area contributed by atoms with Gasteiger partial charge in [-0.3, -0.25) is 9.20 Å². The van der Waals surface area contributed by atoms with Gasteiger partial charge in [-0.1, -0.05) is 0 Å². The maximum atomic E-state index is 12.6. The molecule has 0 aliphatic heterocycles. The number of pyridine rings is 1. The van der Waals surface area contributed by atoms with Crippen molar-refractivity contribution in [3.05, 3.63) is 46.2 Å². The first-order valence-corrected chi connectivity index (χ1v) is 7.92. The van der Waals surface area contributed by atoms with Crippen LogP contribution >= 0.6 is 0 Å². The Morgan fingerprint density at radius 1 is 1.27 bits per heavy atom. The number of hydrogen-bond donors (Lipinski definition) is 2. The largest absolute Gasteiger partial charge is 0.504 e. The molecule has 0 aromatic carbocycles. The summed E-state index contributed by atoms with van der Waals surface area (Å²) in [4.78, 5) is 40.6. The van der Waals surface area contributed by atoms with Crippen molar-refractivity contribution in [2.24, 2.45) is 0 Å². The SMILES string of the molecule is CCOC(=O)C(=CNc1c(C)nc2c(O)cccn2c1=O)C(=O)OCC. The summed E-state index contributed by atoms with van der Waals surface area (Å²) >= 11 is 0. The van der Waals surface area contributed by atoms with Gasteiger partial charge in [-0.15, -0.1) is 0 Å². The first kappa shape index (κ1) is 19.0. The van der Waals surface area contributed by atoms with Gasteiger partial charge in [-0.2, -0.15) is 0 Å². The zero-order chi connectivity index (χ0) is 19.3. The summed E-state index contributed by atoms with van der Waals surface area (Å²) in [7, 11) is 0. The minimum absolute atomic E-state index is 0.0409. The van der Waals surface area contributed by atoms with Crippen molar-refractivity contribution >= 4 is 23.3 Å². The van der Waals surface area contributed by atoms with Crippen molar-refractivity contribution in [2.45, 2.75) is 20.8 Å². The van der Waals surface area contributed by atoms with Gasteiger partial charge in [0.2, 0.25) is 0 Å². The number of aromatic hydroxyl groups is 1. The van der Waals surface area contributed by atoms with E-state index in [1.54, 1.807) is 20.8 Å². The third-order valence-corrected chi connectivity index (χ3v) is 3.37. The molecule has 0 unspecified atom stereocenters. The monoisotopic (exact) mass is 361 g/mol. The van der Waals surface area contributed by atoms with Crippen LogP contribution in [-0.2, 0) is 19.1 Å². The van der Waals surface area contributed by atoms with Crippen LogP contribution in [0.4, 0.5) is 5.69 Å². The fourth-order valence-corrected chi connectivity index (χ4v) is 2.18. The van der Waals surface area contributed by atoms with E-state index in [1.807, 2.05) is 0 Å². The highest BCUT2D eigenvalue weighted by Crippen LogP contribution is 2.17. The number of aryl methyl sites for hydroxylation is 1. The molecule has 9 nitrogen and oxygen atoms in total. The van der Waals surface area contributed by atoms with Gasteiger partial charge in [0, 0.05) is 12.4 Å². The van der Waals surface area contributed by atoms with E-state index in [4.69, 9.17) is 9.47 Å². The number of carbonyl (C=O) groups is 2. The molecule has 2 rings (SSSR count). The lowest BCUT2D eigenvalue weighted by Crippen LogP contribution is -2.23. The van der Waals surface area contributed by atoms with Crippen LogP contribution in [0.15, 0.2) is 34.9 Å². The number of nitrogens with one attached hydrogen (secondary N) is 1. The number of ether oxygens (including phenoxy) is 2. The van der Waals surface area contributed by atoms with Crippen LogP contribution in [0.25, 0.3) is 5.65 Å². The van der Waals surface area contributed by atoms with Crippen molar-refractivity contribution in [1.82, 2.24) is 9.38 Å². The molecule has 0 amide bonds. The number of anilines is 1. The molecule has 0 saturated carbocycles. The zero-order valence-corrected chi connectivity index (χ0v) is 14.6. The first-order valence-electron chi connectivity index (χ1n) is 7.92. The Morgan fingerprint density at radius 3 is 2.46 bits per heavy atom. The van der Waals surface area contributed by atoms with Gasteiger partial charge in [-0.25, -0.2) is 14.6 Å². The van der Waals surface area contributed by atoms with E-state index in [1.165, 1.54) is 18.3 Å². The molecule has 2 aromatic heterocycles. The minimum Gasteiger partial charge on any atom is -0.504 e. The second-order valence-corrected chi connectivity index (χ2v) is 5.11. The molecule has 0 spiro atoms. The van der Waals surface area contributed by atoms with Crippen LogP contribution in [0.2, 0.25) is 0 Å². The average Bonchev–Trinajstić information content (AvgIpc) is 2.59. The number of hydrogen-bond acceptors (Lipinski definition) is 8. The molecule has 0 aliphatic rings. The van der Waals surface area contributed by atoms with E-state index in [-0.39, 0.29) is 41.6 Å². The standard InChI is InChI=1S/C17H19N3O6/c1-4-25-16(23)11(17(24)26-5-2)9-18-13-10(3)19-14-12(21)7-6-8-20(14)15(13)22/h6-9,18,21H,4-5H2,1-3H3. The number of nitrogens with zero attached hydrogens (tertiary/aromatic N) is 2. The fraction of sp³-hybridized carbons (Fsp3) is 0.294. The molecule has 0 saturated heterocycles. The fourth-order valence-electron chi connectivity index (χ4n) is 2.18. The van der Waals surface area contributed by atoms with E-state index in [2.05, 4.69) is 10.3 Å². The van der Waals surface area contributed by atoms with Crippen LogP contribution in [-0.4, -0.2) is 39.6 Å². The van der Waals surface area contributed by atoms with Crippen LogP contribution < -0.4 is 10.9 Å². The number of rotatable bonds is 6. The van der Waals surface area contributed by atoms with Crippen molar-refractivity contribution in [3.8, 4) is 5.75 Å². The Bertz CT molecular complexity index is 912. The van der Waals surface area contributed by atoms with Gasteiger partial charge >= 0.3 is 11.9 Å². The van der Waals surface area contributed by atoms with Gasteiger partial charge in [0.15, 0.2) is 17.0 Å². The Labute approximate surface area is 148 Å². The lowest BCUT2D eigenvalue weighted by Gasteiger charge is -2.10. The van der Waals surface area contributed by atoms with Gasteiger partial charge in [0.25, 0.3) is 5.56 Å². The molecule has 0 bridgehead atoms.